The van der Waals surface area contributed by atoms with E-state index in [0.717, 1.165) is 17.0 Å². The molecule has 4 heteroatoms. The molecule has 0 saturated heterocycles. The van der Waals surface area contributed by atoms with E-state index in [1.165, 1.54) is 11.3 Å². The van der Waals surface area contributed by atoms with Gasteiger partial charge in [0.05, 0.1) is 23.7 Å². The van der Waals surface area contributed by atoms with E-state index in [9.17, 15) is 5.11 Å². The van der Waals surface area contributed by atoms with Gasteiger partial charge < -0.3 is 14.6 Å². The maximum atomic E-state index is 10.1. The largest absolute Gasteiger partial charge is 0.495 e. The topological polar surface area (TPSA) is 38.7 Å². The second kappa shape index (κ2) is 5.66. The molecule has 1 atom stereocenters. The molecule has 0 radical (unpaired) electrons. The van der Waals surface area contributed by atoms with Gasteiger partial charge in [-0.25, -0.2) is 0 Å². The lowest BCUT2D eigenvalue weighted by molar-refractivity contribution is 0.00292. The van der Waals surface area contributed by atoms with Crippen LogP contribution in [0.25, 0.3) is 0 Å². The average molecular weight is 244 g/mol. The van der Waals surface area contributed by atoms with E-state index in [1.807, 2.05) is 25.3 Å². The Hall–Kier alpha value is -0.580. The van der Waals surface area contributed by atoms with Gasteiger partial charge in [0.25, 0.3) is 0 Å². The second-order valence-corrected chi connectivity index (χ2v) is 5.32. The van der Waals surface area contributed by atoms with Crippen molar-refractivity contribution in [3.05, 3.63) is 16.3 Å². The lowest BCUT2D eigenvalue weighted by Gasteiger charge is -2.24. The van der Waals surface area contributed by atoms with Crippen molar-refractivity contribution in [2.75, 3.05) is 14.2 Å². The molecule has 0 aliphatic carbocycles. The smallest absolute Gasteiger partial charge is 0.135 e. The van der Waals surface area contributed by atoms with Gasteiger partial charge in [-0.3, -0.25) is 0 Å². The van der Waals surface area contributed by atoms with Gasteiger partial charge in [-0.15, -0.1) is 11.3 Å². The zero-order valence-corrected chi connectivity index (χ0v) is 11.1. The van der Waals surface area contributed by atoms with E-state index >= 15 is 0 Å². The minimum Gasteiger partial charge on any atom is -0.495 e. The van der Waals surface area contributed by atoms with E-state index in [-0.39, 0.29) is 5.60 Å². The fraction of sp³-hybridized carbons (Fsp3) is 0.667. The molecular weight excluding hydrogens is 224 g/mol. The molecular formula is C12H20O3S. The zero-order valence-electron chi connectivity index (χ0n) is 10.3. The van der Waals surface area contributed by atoms with Crippen LogP contribution in [0.1, 0.15) is 37.7 Å². The van der Waals surface area contributed by atoms with Crippen LogP contribution >= 0.6 is 11.3 Å². The zero-order chi connectivity index (χ0) is 12.2. The summed E-state index contributed by atoms with van der Waals surface area (Å²) >= 11 is 1.52. The summed E-state index contributed by atoms with van der Waals surface area (Å²) < 4.78 is 10.5. The first-order chi connectivity index (χ1) is 7.50. The van der Waals surface area contributed by atoms with Gasteiger partial charge in [-0.1, -0.05) is 0 Å². The first kappa shape index (κ1) is 13.5. The lowest BCUT2D eigenvalue weighted by Crippen LogP contribution is -2.23. The monoisotopic (exact) mass is 244 g/mol. The first-order valence-corrected chi connectivity index (χ1v) is 6.22. The Morgan fingerprint density at radius 1 is 1.44 bits per heavy atom. The van der Waals surface area contributed by atoms with Crippen LogP contribution in [-0.4, -0.2) is 24.9 Å². The number of rotatable bonds is 6. The summed E-state index contributed by atoms with van der Waals surface area (Å²) in [6, 6.07) is 1.88. The van der Waals surface area contributed by atoms with Crippen LogP contribution in [0.4, 0.5) is 0 Å². The second-order valence-electron chi connectivity index (χ2n) is 4.37. The van der Waals surface area contributed by atoms with E-state index in [4.69, 9.17) is 9.47 Å². The summed E-state index contributed by atoms with van der Waals surface area (Å²) in [7, 11) is 3.31. The van der Waals surface area contributed by atoms with Crippen LogP contribution in [0, 0.1) is 0 Å². The Kier molecular flexibility index (Phi) is 4.77. The molecule has 1 aromatic rings. The number of aliphatic hydroxyl groups excluding tert-OH is 1. The number of methoxy groups -OCH3 is 2. The predicted molar refractivity (Wildman–Crippen MR) is 66.2 cm³/mol. The highest BCUT2D eigenvalue weighted by Crippen LogP contribution is 2.34. The molecule has 0 aromatic carbocycles. The van der Waals surface area contributed by atoms with Crippen LogP contribution in [0.15, 0.2) is 11.4 Å². The highest BCUT2D eigenvalue weighted by molar-refractivity contribution is 7.10. The number of thiophene rings is 1. The minimum absolute atomic E-state index is 0.189. The summed E-state index contributed by atoms with van der Waals surface area (Å²) in [6.45, 7) is 4.04. The third-order valence-electron chi connectivity index (χ3n) is 2.75. The van der Waals surface area contributed by atoms with Gasteiger partial charge in [-0.05, 0) is 38.1 Å². The standard InChI is InChI=1S/C12H20O3S/c1-12(2,15-4)7-5-9(13)11-10(14-3)6-8-16-11/h6,8-9,13H,5,7H2,1-4H3. The molecule has 1 rings (SSSR count). The fourth-order valence-corrected chi connectivity index (χ4v) is 2.32. The Labute approximate surface area is 101 Å². The minimum atomic E-state index is -0.468. The average Bonchev–Trinajstić information content (AvgIpc) is 2.74. The first-order valence-electron chi connectivity index (χ1n) is 5.35. The van der Waals surface area contributed by atoms with Gasteiger partial charge >= 0.3 is 0 Å². The molecule has 1 unspecified atom stereocenters. The van der Waals surface area contributed by atoms with E-state index < -0.39 is 6.10 Å². The summed E-state index contributed by atoms with van der Waals surface area (Å²) in [5.41, 5.74) is -0.189. The number of ether oxygens (including phenoxy) is 2. The van der Waals surface area contributed by atoms with Crippen molar-refractivity contribution in [1.82, 2.24) is 0 Å². The van der Waals surface area contributed by atoms with Gasteiger partial charge in [-0.2, -0.15) is 0 Å². The third-order valence-corrected chi connectivity index (χ3v) is 3.75. The predicted octanol–water partition coefficient (Wildman–Crippen LogP) is 3.00. The number of hydrogen-bond donors (Lipinski definition) is 1. The molecule has 0 fully saturated rings. The molecule has 16 heavy (non-hydrogen) atoms. The molecule has 0 saturated carbocycles. The molecule has 0 spiro atoms. The summed E-state index contributed by atoms with van der Waals surface area (Å²) in [5, 5.41) is 12.0. The molecule has 3 nitrogen and oxygen atoms in total. The third kappa shape index (κ3) is 3.47. The number of hydrogen-bond acceptors (Lipinski definition) is 4. The number of aliphatic hydroxyl groups is 1. The van der Waals surface area contributed by atoms with Crippen molar-refractivity contribution < 1.29 is 14.6 Å². The van der Waals surface area contributed by atoms with Crippen molar-refractivity contribution >= 4 is 11.3 Å². The van der Waals surface area contributed by atoms with Crippen molar-refractivity contribution in [2.45, 2.75) is 38.4 Å². The van der Waals surface area contributed by atoms with Crippen LogP contribution in [0.5, 0.6) is 5.75 Å². The van der Waals surface area contributed by atoms with Crippen LogP contribution in [-0.2, 0) is 4.74 Å². The van der Waals surface area contributed by atoms with Crippen molar-refractivity contribution in [2.24, 2.45) is 0 Å². The van der Waals surface area contributed by atoms with Crippen molar-refractivity contribution in [3.8, 4) is 5.75 Å². The normalized spacial score (nSPS) is 13.8. The van der Waals surface area contributed by atoms with Gasteiger partial charge in [0.2, 0.25) is 0 Å². The molecule has 1 aromatic heterocycles. The maximum absolute atomic E-state index is 10.1. The molecule has 0 bridgehead atoms. The lowest BCUT2D eigenvalue weighted by atomic mass is 9.99. The van der Waals surface area contributed by atoms with E-state index in [1.54, 1.807) is 14.2 Å². The summed E-state index contributed by atoms with van der Waals surface area (Å²) in [5.74, 6) is 0.771. The van der Waals surface area contributed by atoms with E-state index in [2.05, 4.69) is 0 Å². The summed E-state index contributed by atoms with van der Waals surface area (Å²) in [6.07, 6.45) is 1.02. The molecule has 92 valence electrons. The summed E-state index contributed by atoms with van der Waals surface area (Å²) in [4.78, 5) is 0.898. The van der Waals surface area contributed by atoms with Crippen LogP contribution in [0.2, 0.25) is 0 Å². The van der Waals surface area contributed by atoms with Gasteiger partial charge in [0.15, 0.2) is 0 Å². The van der Waals surface area contributed by atoms with Gasteiger partial charge in [0.1, 0.15) is 5.75 Å². The van der Waals surface area contributed by atoms with Crippen molar-refractivity contribution in [3.63, 3.8) is 0 Å². The molecule has 1 heterocycles. The molecule has 1 N–H and O–H groups in total. The quantitative estimate of drug-likeness (QED) is 0.836. The fourth-order valence-electron chi connectivity index (χ4n) is 1.44. The van der Waals surface area contributed by atoms with Crippen molar-refractivity contribution in [1.29, 1.82) is 0 Å². The van der Waals surface area contributed by atoms with E-state index in [0.29, 0.717) is 6.42 Å². The SMILES string of the molecule is COc1ccsc1C(O)CCC(C)(C)OC. The molecule has 0 aliphatic heterocycles. The Balaban J connectivity index is 2.56. The Morgan fingerprint density at radius 2 is 2.12 bits per heavy atom. The highest BCUT2D eigenvalue weighted by Gasteiger charge is 2.21. The van der Waals surface area contributed by atoms with Crippen LogP contribution in [0.3, 0.4) is 0 Å². The highest BCUT2D eigenvalue weighted by atomic mass is 32.1. The van der Waals surface area contributed by atoms with Gasteiger partial charge in [0, 0.05) is 7.11 Å². The Morgan fingerprint density at radius 3 is 2.69 bits per heavy atom. The van der Waals surface area contributed by atoms with Crippen LogP contribution < -0.4 is 4.74 Å². The molecule has 0 amide bonds. The maximum Gasteiger partial charge on any atom is 0.135 e. The molecule has 0 aliphatic rings. The Bertz CT molecular complexity index is 320.